The molecule has 1 fully saturated rings. The summed E-state index contributed by atoms with van der Waals surface area (Å²) in [6.07, 6.45) is 0.644. The van der Waals surface area contributed by atoms with E-state index in [0.29, 0.717) is 12.5 Å². The van der Waals surface area contributed by atoms with Crippen molar-refractivity contribution in [3.63, 3.8) is 0 Å². The summed E-state index contributed by atoms with van der Waals surface area (Å²) in [7, 11) is -3.92. The Hall–Kier alpha value is -1.05. The molecule has 0 saturated carbocycles. The van der Waals surface area contributed by atoms with Gasteiger partial charge < -0.3 is 5.73 Å². The molecule has 0 atom stereocenters. The van der Waals surface area contributed by atoms with E-state index in [2.05, 4.69) is 0 Å². The Labute approximate surface area is 104 Å². The summed E-state index contributed by atoms with van der Waals surface area (Å²) in [5.74, 6) is -1.89. The third-order valence-electron chi connectivity index (χ3n) is 3.20. The molecule has 1 aliphatic rings. The first-order chi connectivity index (χ1) is 8.28. The lowest BCUT2D eigenvalue weighted by Gasteiger charge is -2.46. The van der Waals surface area contributed by atoms with Gasteiger partial charge in [0.05, 0.1) is 0 Å². The van der Waals surface area contributed by atoms with Crippen molar-refractivity contribution in [1.82, 2.24) is 4.31 Å². The highest BCUT2D eigenvalue weighted by atomic mass is 32.2. The van der Waals surface area contributed by atoms with Crippen LogP contribution < -0.4 is 5.73 Å². The van der Waals surface area contributed by atoms with E-state index in [4.69, 9.17) is 5.73 Å². The van der Waals surface area contributed by atoms with Crippen LogP contribution in [-0.2, 0) is 10.0 Å². The van der Waals surface area contributed by atoms with Crippen LogP contribution in [0.25, 0.3) is 0 Å². The highest BCUT2D eigenvalue weighted by Gasteiger charge is 2.45. The highest BCUT2D eigenvalue weighted by Crippen LogP contribution is 2.29. The highest BCUT2D eigenvalue weighted by molar-refractivity contribution is 7.89. The van der Waals surface area contributed by atoms with Crippen LogP contribution in [0.4, 0.5) is 8.78 Å². The lowest BCUT2D eigenvalue weighted by molar-refractivity contribution is 0.153. The minimum absolute atomic E-state index is 0.155. The van der Waals surface area contributed by atoms with Crippen LogP contribution in [0, 0.1) is 11.6 Å². The van der Waals surface area contributed by atoms with Crippen molar-refractivity contribution in [2.24, 2.45) is 5.73 Å². The number of rotatable bonds is 3. The van der Waals surface area contributed by atoms with Crippen LogP contribution in [0.5, 0.6) is 0 Å². The zero-order chi connectivity index (χ0) is 13.6. The van der Waals surface area contributed by atoms with Crippen molar-refractivity contribution in [1.29, 1.82) is 0 Å². The lowest BCUT2D eigenvalue weighted by Crippen LogP contribution is -2.68. The van der Waals surface area contributed by atoms with Gasteiger partial charge in [-0.2, -0.15) is 4.31 Å². The van der Waals surface area contributed by atoms with Crippen LogP contribution in [0.1, 0.15) is 13.3 Å². The van der Waals surface area contributed by atoms with Gasteiger partial charge in [0.15, 0.2) is 0 Å². The molecular formula is C11H14F2N2O2S. The number of nitrogens with zero attached hydrogens (tertiary/aromatic N) is 1. The minimum Gasteiger partial charge on any atom is -0.323 e. The Bertz CT molecular complexity index is 568. The van der Waals surface area contributed by atoms with Crippen LogP contribution >= 0.6 is 0 Å². The molecule has 1 aliphatic heterocycles. The molecule has 4 nitrogen and oxygen atoms in total. The topological polar surface area (TPSA) is 63.4 Å². The Kier molecular flexibility index (Phi) is 3.16. The predicted molar refractivity (Wildman–Crippen MR) is 62.3 cm³/mol. The second-order valence-corrected chi connectivity index (χ2v) is 6.47. The summed E-state index contributed by atoms with van der Waals surface area (Å²) in [6, 6.07) is 2.41. The number of sulfonamides is 1. The van der Waals surface area contributed by atoms with Gasteiger partial charge in [0.2, 0.25) is 10.0 Å². The average molecular weight is 276 g/mol. The Balaban J connectivity index is 2.28. The summed E-state index contributed by atoms with van der Waals surface area (Å²) in [5.41, 5.74) is 5.33. The van der Waals surface area contributed by atoms with Gasteiger partial charge in [-0.05, 0) is 18.6 Å². The zero-order valence-electron chi connectivity index (χ0n) is 9.86. The first-order valence-electron chi connectivity index (χ1n) is 5.52. The Morgan fingerprint density at radius 2 is 2.00 bits per heavy atom. The lowest BCUT2D eigenvalue weighted by atomic mass is 9.91. The van der Waals surface area contributed by atoms with Crippen molar-refractivity contribution in [3.05, 3.63) is 29.8 Å². The van der Waals surface area contributed by atoms with Crippen molar-refractivity contribution >= 4 is 10.0 Å². The van der Waals surface area contributed by atoms with Gasteiger partial charge in [-0.3, -0.25) is 0 Å². The van der Waals surface area contributed by atoms with E-state index in [1.165, 1.54) is 0 Å². The number of nitrogens with two attached hydrogens (primary N) is 1. The molecule has 0 spiro atoms. The van der Waals surface area contributed by atoms with Crippen LogP contribution in [-0.4, -0.2) is 31.4 Å². The van der Waals surface area contributed by atoms with Crippen molar-refractivity contribution < 1.29 is 17.2 Å². The molecule has 1 aromatic rings. The molecule has 2 rings (SSSR count). The van der Waals surface area contributed by atoms with Gasteiger partial charge in [0.25, 0.3) is 0 Å². The van der Waals surface area contributed by atoms with E-state index >= 15 is 0 Å². The van der Waals surface area contributed by atoms with Gasteiger partial charge >= 0.3 is 0 Å². The maximum Gasteiger partial charge on any atom is 0.246 e. The van der Waals surface area contributed by atoms with E-state index in [-0.39, 0.29) is 13.1 Å². The fraction of sp³-hybridized carbons (Fsp3) is 0.455. The van der Waals surface area contributed by atoms with Crippen LogP contribution in [0.15, 0.2) is 23.1 Å². The fourth-order valence-electron chi connectivity index (χ4n) is 1.87. The first kappa shape index (κ1) is 13.4. The Morgan fingerprint density at radius 1 is 1.39 bits per heavy atom. The smallest absolute Gasteiger partial charge is 0.246 e. The molecule has 2 N–H and O–H groups in total. The van der Waals surface area contributed by atoms with Crippen molar-refractivity contribution in [3.8, 4) is 0 Å². The number of hydrogen-bond donors (Lipinski definition) is 1. The summed E-state index contributed by atoms with van der Waals surface area (Å²) in [4.78, 5) is -0.512. The van der Waals surface area contributed by atoms with E-state index in [0.717, 1.165) is 16.4 Å². The molecule has 100 valence electrons. The van der Waals surface area contributed by atoms with Crippen molar-refractivity contribution in [2.45, 2.75) is 23.8 Å². The molecule has 0 aromatic heterocycles. The summed E-state index contributed by atoms with van der Waals surface area (Å²) >= 11 is 0. The predicted octanol–water partition coefficient (Wildman–Crippen LogP) is 1.08. The van der Waals surface area contributed by atoms with E-state index in [1.54, 1.807) is 0 Å². The number of halogens is 2. The summed E-state index contributed by atoms with van der Waals surface area (Å²) in [5, 5.41) is 0. The van der Waals surface area contributed by atoms with Gasteiger partial charge in [0, 0.05) is 24.7 Å². The van der Waals surface area contributed by atoms with E-state index < -0.39 is 32.1 Å². The molecular weight excluding hydrogens is 262 g/mol. The second kappa shape index (κ2) is 4.25. The van der Waals surface area contributed by atoms with Gasteiger partial charge in [0.1, 0.15) is 16.5 Å². The molecule has 7 heteroatoms. The molecule has 0 aliphatic carbocycles. The largest absolute Gasteiger partial charge is 0.323 e. The third kappa shape index (κ3) is 2.13. The van der Waals surface area contributed by atoms with Gasteiger partial charge in [-0.1, -0.05) is 6.92 Å². The maximum atomic E-state index is 13.5. The normalized spacial score (nSPS) is 19.6. The molecule has 0 bridgehead atoms. The average Bonchev–Trinajstić information content (AvgIpc) is 2.24. The number of hydrogen-bond acceptors (Lipinski definition) is 3. The SMILES string of the molecule is CCC1(N)CN(S(=O)(=O)c2ccc(F)cc2F)C1. The second-order valence-electron chi connectivity index (χ2n) is 4.56. The van der Waals surface area contributed by atoms with E-state index in [1.807, 2.05) is 6.92 Å². The summed E-state index contributed by atoms with van der Waals surface area (Å²) in [6.45, 7) is 2.17. The molecule has 1 aromatic carbocycles. The molecule has 0 unspecified atom stereocenters. The third-order valence-corrected chi connectivity index (χ3v) is 5.02. The van der Waals surface area contributed by atoms with Crippen LogP contribution in [0.3, 0.4) is 0 Å². The maximum absolute atomic E-state index is 13.5. The molecule has 1 heterocycles. The molecule has 1 saturated heterocycles. The monoisotopic (exact) mass is 276 g/mol. The van der Waals surface area contributed by atoms with Crippen molar-refractivity contribution in [2.75, 3.05) is 13.1 Å². The molecule has 18 heavy (non-hydrogen) atoms. The van der Waals surface area contributed by atoms with Gasteiger partial charge in [-0.15, -0.1) is 0 Å². The number of benzene rings is 1. The van der Waals surface area contributed by atoms with E-state index in [9.17, 15) is 17.2 Å². The van der Waals surface area contributed by atoms with Gasteiger partial charge in [-0.25, -0.2) is 17.2 Å². The minimum atomic E-state index is -3.92. The first-order valence-corrected chi connectivity index (χ1v) is 6.96. The summed E-state index contributed by atoms with van der Waals surface area (Å²) < 4.78 is 51.4. The Morgan fingerprint density at radius 3 is 2.50 bits per heavy atom. The van der Waals surface area contributed by atoms with Crippen LogP contribution in [0.2, 0.25) is 0 Å². The fourth-order valence-corrected chi connectivity index (χ4v) is 3.55. The quantitative estimate of drug-likeness (QED) is 0.898. The molecule has 0 radical (unpaired) electrons. The molecule has 0 amide bonds. The standard InChI is InChI=1S/C11H14F2N2O2S/c1-2-11(14)6-15(7-11)18(16,17)10-4-3-8(12)5-9(10)13/h3-5H,2,6-7,14H2,1H3. The zero-order valence-corrected chi connectivity index (χ0v) is 10.7.